The normalized spacial score (nSPS) is 27.1. The molecule has 1 aromatic carbocycles. The number of nitrogens with one attached hydrogen (secondary N) is 1. The van der Waals surface area contributed by atoms with Gasteiger partial charge in [0.15, 0.2) is 0 Å². The van der Waals surface area contributed by atoms with Gasteiger partial charge < -0.3 is 5.11 Å². The summed E-state index contributed by atoms with van der Waals surface area (Å²) in [4.78, 5) is 20.1. The lowest BCUT2D eigenvalue weighted by molar-refractivity contribution is -0.0407. The zero-order chi connectivity index (χ0) is 17.4. The van der Waals surface area contributed by atoms with Crippen molar-refractivity contribution in [2.45, 2.75) is 31.7 Å². The molecular formula is C17H22N6O2. The van der Waals surface area contributed by atoms with Crippen LogP contribution in [0.3, 0.4) is 0 Å². The first-order valence-corrected chi connectivity index (χ1v) is 8.51. The molecule has 1 fully saturated rings. The van der Waals surface area contributed by atoms with Crippen molar-refractivity contribution in [1.82, 2.24) is 29.9 Å². The summed E-state index contributed by atoms with van der Waals surface area (Å²) in [5.74, 6) is 0.913. The smallest absolute Gasteiger partial charge is 0.408 e. The molecule has 8 nitrogen and oxygen atoms in total. The van der Waals surface area contributed by atoms with Gasteiger partial charge in [-0.2, -0.15) is 5.10 Å². The lowest BCUT2D eigenvalue weighted by Gasteiger charge is -2.53. The van der Waals surface area contributed by atoms with Crippen LogP contribution < -0.4 is 5.32 Å². The zero-order valence-electron chi connectivity index (χ0n) is 14.2. The van der Waals surface area contributed by atoms with Gasteiger partial charge in [0.1, 0.15) is 12.2 Å². The van der Waals surface area contributed by atoms with E-state index in [9.17, 15) is 9.90 Å². The van der Waals surface area contributed by atoms with Gasteiger partial charge in [0.05, 0.1) is 24.8 Å². The van der Waals surface area contributed by atoms with Crippen LogP contribution >= 0.6 is 0 Å². The zero-order valence-corrected chi connectivity index (χ0v) is 14.2. The van der Waals surface area contributed by atoms with E-state index in [1.165, 1.54) is 0 Å². The van der Waals surface area contributed by atoms with Crippen LogP contribution in [0.15, 0.2) is 36.7 Å². The Labute approximate surface area is 146 Å². The molecule has 2 atom stereocenters. The molecule has 4 rings (SSSR count). The van der Waals surface area contributed by atoms with Gasteiger partial charge in [-0.15, -0.1) is 0 Å². The number of nitrogens with zero attached hydrogens (tertiary/aromatic N) is 5. The summed E-state index contributed by atoms with van der Waals surface area (Å²) in [5, 5.41) is 17.6. The molecule has 0 saturated carbocycles. The molecule has 0 spiro atoms. The van der Waals surface area contributed by atoms with Gasteiger partial charge in [-0.25, -0.2) is 14.5 Å². The molecule has 0 radical (unpaired) electrons. The van der Waals surface area contributed by atoms with Crippen LogP contribution in [0.25, 0.3) is 0 Å². The number of benzene rings is 1. The summed E-state index contributed by atoms with van der Waals surface area (Å²) in [6.07, 6.45) is 0.552. The van der Waals surface area contributed by atoms with E-state index in [0.717, 1.165) is 24.5 Å². The van der Waals surface area contributed by atoms with Crippen molar-refractivity contribution in [2.24, 2.45) is 0 Å². The molecule has 1 saturated heterocycles. The number of rotatable bonds is 2. The van der Waals surface area contributed by atoms with E-state index in [4.69, 9.17) is 0 Å². The third-order valence-corrected chi connectivity index (χ3v) is 5.36. The van der Waals surface area contributed by atoms with Crippen LogP contribution in [0.2, 0.25) is 0 Å². The quantitative estimate of drug-likeness (QED) is 0.844. The number of hydrogen-bond donors (Lipinski definition) is 2. The first-order valence-electron chi connectivity index (χ1n) is 8.51. The van der Waals surface area contributed by atoms with Crippen LogP contribution in [0.1, 0.15) is 18.3 Å². The van der Waals surface area contributed by atoms with Crippen molar-refractivity contribution in [3.8, 4) is 0 Å². The topological polar surface area (TPSA) is 86.5 Å². The average Bonchev–Trinajstić information content (AvgIpc) is 3.10. The van der Waals surface area contributed by atoms with Crippen LogP contribution in [-0.4, -0.2) is 61.6 Å². The minimum atomic E-state index is -0.891. The third-order valence-electron chi connectivity index (χ3n) is 5.36. The number of fused-ring (bicyclic) bond motifs is 1. The van der Waals surface area contributed by atoms with E-state index in [1.807, 2.05) is 41.9 Å². The fourth-order valence-corrected chi connectivity index (χ4v) is 4.06. The maximum absolute atomic E-state index is 12.0. The lowest BCUT2D eigenvalue weighted by atomic mass is 9.84. The van der Waals surface area contributed by atoms with E-state index < -0.39 is 11.6 Å². The predicted octanol–water partition coefficient (Wildman–Crippen LogP) is 0.918. The van der Waals surface area contributed by atoms with Crippen molar-refractivity contribution in [1.29, 1.82) is 0 Å². The maximum Gasteiger partial charge on any atom is 0.408 e. The Morgan fingerprint density at radius 1 is 1.28 bits per heavy atom. The number of carbonyl (C=O) groups is 1. The highest BCUT2D eigenvalue weighted by Crippen LogP contribution is 2.36. The summed E-state index contributed by atoms with van der Waals surface area (Å²) < 4.78 is 1.91. The lowest BCUT2D eigenvalue weighted by Crippen LogP contribution is -2.70. The highest BCUT2D eigenvalue weighted by atomic mass is 16.4. The molecule has 8 heteroatoms. The summed E-state index contributed by atoms with van der Waals surface area (Å²) in [7, 11) is 0. The first kappa shape index (κ1) is 16.0. The van der Waals surface area contributed by atoms with E-state index >= 15 is 0 Å². The summed E-state index contributed by atoms with van der Waals surface area (Å²) >= 11 is 0. The van der Waals surface area contributed by atoms with Crippen LogP contribution in [0.5, 0.6) is 0 Å². The second kappa shape index (κ2) is 6.12. The van der Waals surface area contributed by atoms with E-state index in [1.54, 1.807) is 11.2 Å². The highest BCUT2D eigenvalue weighted by molar-refractivity contribution is 5.67. The fraction of sp³-hybridized carbons (Fsp3) is 0.471. The Hall–Kier alpha value is -2.45. The second-order valence-corrected chi connectivity index (χ2v) is 6.67. The standard InChI is InChI=1S/C17H22N6O2/c1-17(13-5-3-2-4-6-13)15(18-7-8-22(17)16(24)25)21-9-10-23-14(11-21)19-12-20-23/h2-6,12,15,18H,7-11H2,1H3,(H,24,25). The van der Waals surface area contributed by atoms with Crippen molar-refractivity contribution in [2.75, 3.05) is 19.6 Å². The molecule has 3 heterocycles. The molecule has 1 amide bonds. The molecule has 2 aromatic rings. The van der Waals surface area contributed by atoms with Gasteiger partial charge in [0.25, 0.3) is 0 Å². The van der Waals surface area contributed by atoms with Gasteiger partial charge in [-0.3, -0.25) is 15.1 Å². The molecule has 0 aliphatic carbocycles. The Bertz CT molecular complexity index is 764. The molecule has 1 aromatic heterocycles. The summed E-state index contributed by atoms with van der Waals surface area (Å²) in [5.41, 5.74) is 0.301. The molecule has 2 unspecified atom stereocenters. The summed E-state index contributed by atoms with van der Waals surface area (Å²) in [6.45, 7) is 5.29. The van der Waals surface area contributed by atoms with Gasteiger partial charge in [0, 0.05) is 19.6 Å². The molecule has 0 bridgehead atoms. The number of aromatic nitrogens is 3. The van der Waals surface area contributed by atoms with Crippen molar-refractivity contribution >= 4 is 6.09 Å². The van der Waals surface area contributed by atoms with Crippen molar-refractivity contribution in [3.05, 3.63) is 48.0 Å². The largest absolute Gasteiger partial charge is 0.465 e. The number of hydrogen-bond acceptors (Lipinski definition) is 5. The predicted molar refractivity (Wildman–Crippen MR) is 90.7 cm³/mol. The molecule has 132 valence electrons. The van der Waals surface area contributed by atoms with Gasteiger partial charge in [-0.1, -0.05) is 30.3 Å². The number of piperazine rings is 1. The monoisotopic (exact) mass is 342 g/mol. The highest BCUT2D eigenvalue weighted by Gasteiger charge is 2.49. The van der Waals surface area contributed by atoms with Crippen LogP contribution in [0, 0.1) is 0 Å². The molecule has 25 heavy (non-hydrogen) atoms. The second-order valence-electron chi connectivity index (χ2n) is 6.67. The summed E-state index contributed by atoms with van der Waals surface area (Å²) in [6, 6.07) is 9.87. The van der Waals surface area contributed by atoms with Gasteiger partial charge >= 0.3 is 6.09 Å². The number of amides is 1. The Morgan fingerprint density at radius 3 is 2.84 bits per heavy atom. The molecule has 2 aliphatic rings. The van der Waals surface area contributed by atoms with E-state index in [-0.39, 0.29) is 6.17 Å². The Balaban J connectivity index is 1.73. The maximum atomic E-state index is 12.0. The minimum Gasteiger partial charge on any atom is -0.465 e. The van der Waals surface area contributed by atoms with Gasteiger partial charge in [0.2, 0.25) is 0 Å². The third kappa shape index (κ3) is 2.58. The Morgan fingerprint density at radius 2 is 2.08 bits per heavy atom. The molecule has 2 N–H and O–H groups in total. The van der Waals surface area contributed by atoms with Gasteiger partial charge in [-0.05, 0) is 12.5 Å². The fourth-order valence-electron chi connectivity index (χ4n) is 4.06. The first-order chi connectivity index (χ1) is 12.1. The SMILES string of the molecule is CC1(c2ccccc2)C(N2CCn3ncnc3C2)NCCN1C(=O)O. The molecular weight excluding hydrogens is 320 g/mol. The van der Waals surface area contributed by atoms with E-state index in [0.29, 0.717) is 19.6 Å². The number of carboxylic acid groups (broad SMARTS) is 1. The van der Waals surface area contributed by atoms with E-state index in [2.05, 4.69) is 20.3 Å². The van der Waals surface area contributed by atoms with Crippen molar-refractivity contribution in [3.63, 3.8) is 0 Å². The van der Waals surface area contributed by atoms with Crippen LogP contribution in [-0.2, 0) is 18.6 Å². The Kier molecular flexibility index (Phi) is 3.93. The minimum absolute atomic E-state index is 0.134. The average molecular weight is 342 g/mol. The van der Waals surface area contributed by atoms with Crippen LogP contribution in [0.4, 0.5) is 4.79 Å². The molecule has 2 aliphatic heterocycles. The van der Waals surface area contributed by atoms with Crippen molar-refractivity contribution < 1.29 is 9.90 Å².